The quantitative estimate of drug-likeness (QED) is 0.857. The van der Waals surface area contributed by atoms with E-state index in [4.69, 9.17) is 4.52 Å². The molecule has 3 aliphatic rings. The fourth-order valence-corrected chi connectivity index (χ4v) is 4.19. The Morgan fingerprint density at radius 1 is 1.17 bits per heavy atom. The van der Waals surface area contributed by atoms with Gasteiger partial charge in [-0.05, 0) is 38.5 Å². The third-order valence-corrected chi connectivity index (χ3v) is 5.87. The Kier molecular flexibility index (Phi) is 3.90. The van der Waals surface area contributed by atoms with Crippen LogP contribution in [-0.2, 0) is 10.2 Å². The molecule has 0 N–H and O–H groups in total. The van der Waals surface area contributed by atoms with Crippen molar-refractivity contribution < 1.29 is 9.32 Å². The van der Waals surface area contributed by atoms with E-state index in [1.807, 2.05) is 0 Å². The van der Waals surface area contributed by atoms with Crippen LogP contribution in [0.15, 0.2) is 4.52 Å². The summed E-state index contributed by atoms with van der Waals surface area (Å²) in [6, 6.07) is 0. The Hall–Kier alpha value is -1.39. The van der Waals surface area contributed by atoms with Crippen molar-refractivity contribution in [2.24, 2.45) is 5.92 Å². The molecule has 2 saturated carbocycles. The van der Waals surface area contributed by atoms with Gasteiger partial charge in [-0.15, -0.1) is 0 Å². The minimum Gasteiger partial charge on any atom is -0.341 e. The number of hydrogen-bond acceptors (Lipinski definition) is 4. The second kappa shape index (κ2) is 5.91. The highest BCUT2D eigenvalue weighted by Gasteiger charge is 2.41. The van der Waals surface area contributed by atoms with Gasteiger partial charge in [0.15, 0.2) is 5.82 Å². The van der Waals surface area contributed by atoms with Crippen molar-refractivity contribution in [3.05, 3.63) is 11.7 Å². The monoisotopic (exact) mass is 317 g/mol. The van der Waals surface area contributed by atoms with Crippen LogP contribution >= 0.6 is 0 Å². The van der Waals surface area contributed by atoms with Gasteiger partial charge < -0.3 is 9.42 Å². The van der Waals surface area contributed by atoms with Crippen LogP contribution in [0.1, 0.15) is 82.3 Å². The van der Waals surface area contributed by atoms with Gasteiger partial charge in [-0.3, -0.25) is 4.79 Å². The summed E-state index contributed by atoms with van der Waals surface area (Å²) in [6.07, 6.45) is 10.2. The molecular formula is C18H27N3O2. The van der Waals surface area contributed by atoms with Crippen LogP contribution in [0.5, 0.6) is 0 Å². The van der Waals surface area contributed by atoms with Gasteiger partial charge in [0.25, 0.3) is 0 Å². The summed E-state index contributed by atoms with van der Waals surface area (Å²) < 4.78 is 5.45. The number of piperidine rings is 1. The second-order valence-corrected chi connectivity index (χ2v) is 7.99. The van der Waals surface area contributed by atoms with Crippen molar-refractivity contribution >= 4 is 5.91 Å². The molecule has 0 unspecified atom stereocenters. The third kappa shape index (κ3) is 3.02. The van der Waals surface area contributed by atoms with E-state index in [-0.39, 0.29) is 11.3 Å². The molecule has 126 valence electrons. The highest BCUT2D eigenvalue weighted by molar-refractivity contribution is 5.79. The lowest BCUT2D eigenvalue weighted by molar-refractivity contribution is -0.138. The number of carbonyl (C=O) groups is 1. The molecule has 0 bridgehead atoms. The highest BCUT2D eigenvalue weighted by Crippen LogP contribution is 2.41. The molecule has 2 heterocycles. The largest absolute Gasteiger partial charge is 0.341 e. The Bertz CT molecular complexity index is 575. The molecule has 1 saturated heterocycles. The van der Waals surface area contributed by atoms with Crippen LogP contribution < -0.4 is 0 Å². The molecule has 4 rings (SSSR count). The third-order valence-electron chi connectivity index (χ3n) is 5.87. The molecule has 1 aromatic rings. The number of carbonyl (C=O) groups excluding carboxylic acids is 1. The first-order valence-corrected chi connectivity index (χ1v) is 9.29. The summed E-state index contributed by atoms with van der Waals surface area (Å²) >= 11 is 0. The van der Waals surface area contributed by atoms with Crippen molar-refractivity contribution in [3.63, 3.8) is 0 Å². The lowest BCUT2D eigenvalue weighted by Gasteiger charge is -2.40. The van der Waals surface area contributed by atoms with E-state index in [1.54, 1.807) is 0 Å². The summed E-state index contributed by atoms with van der Waals surface area (Å²) in [7, 11) is 0. The Balaban J connectivity index is 1.47. The summed E-state index contributed by atoms with van der Waals surface area (Å²) in [4.78, 5) is 19.6. The van der Waals surface area contributed by atoms with Crippen LogP contribution in [0.3, 0.4) is 0 Å². The molecule has 0 radical (unpaired) electrons. The normalized spacial score (nSPS) is 29.7. The first-order valence-electron chi connectivity index (χ1n) is 9.29. The second-order valence-electron chi connectivity index (χ2n) is 7.99. The fraction of sp³-hybridized carbons (Fsp3) is 0.833. The van der Waals surface area contributed by atoms with E-state index >= 15 is 0 Å². The maximum absolute atomic E-state index is 12.9. The zero-order valence-corrected chi connectivity index (χ0v) is 14.1. The van der Waals surface area contributed by atoms with Crippen LogP contribution in [0.25, 0.3) is 0 Å². The van der Waals surface area contributed by atoms with Crippen molar-refractivity contribution in [2.45, 2.75) is 76.0 Å². The van der Waals surface area contributed by atoms with Crippen LogP contribution in [0, 0.1) is 5.92 Å². The Morgan fingerprint density at radius 3 is 2.70 bits per heavy atom. The van der Waals surface area contributed by atoms with Crippen LogP contribution in [0.4, 0.5) is 0 Å². The summed E-state index contributed by atoms with van der Waals surface area (Å²) in [5.74, 6) is 2.71. The molecule has 23 heavy (non-hydrogen) atoms. The van der Waals surface area contributed by atoms with Crippen LogP contribution in [-0.4, -0.2) is 34.0 Å². The first kappa shape index (κ1) is 15.2. The summed E-state index contributed by atoms with van der Waals surface area (Å²) in [6.45, 7) is 3.82. The lowest BCUT2D eigenvalue weighted by Crippen LogP contribution is -2.49. The molecule has 1 atom stereocenters. The molecule has 1 amide bonds. The van der Waals surface area contributed by atoms with E-state index in [0.717, 1.165) is 50.5 Å². The minimum atomic E-state index is -0.154. The van der Waals surface area contributed by atoms with Gasteiger partial charge in [0.1, 0.15) is 0 Å². The zero-order chi connectivity index (χ0) is 15.9. The zero-order valence-electron chi connectivity index (χ0n) is 14.1. The molecule has 0 aromatic carbocycles. The van der Waals surface area contributed by atoms with Crippen molar-refractivity contribution in [1.82, 2.24) is 15.0 Å². The van der Waals surface area contributed by atoms with Crippen LogP contribution in [0.2, 0.25) is 0 Å². The predicted octanol–water partition coefficient (Wildman–Crippen LogP) is 3.41. The van der Waals surface area contributed by atoms with Gasteiger partial charge >= 0.3 is 0 Å². The topological polar surface area (TPSA) is 59.2 Å². The van der Waals surface area contributed by atoms with Crippen molar-refractivity contribution in [3.8, 4) is 0 Å². The van der Waals surface area contributed by atoms with E-state index in [1.165, 1.54) is 32.1 Å². The molecule has 1 aromatic heterocycles. The first-order chi connectivity index (χ1) is 11.2. The molecule has 0 spiro atoms. The van der Waals surface area contributed by atoms with Crippen molar-refractivity contribution in [2.75, 3.05) is 13.1 Å². The average Bonchev–Trinajstić information content (AvgIpc) is 3.31. The van der Waals surface area contributed by atoms with Gasteiger partial charge in [0.2, 0.25) is 11.8 Å². The van der Waals surface area contributed by atoms with Gasteiger partial charge in [-0.25, -0.2) is 0 Å². The molecular weight excluding hydrogens is 290 g/mol. The number of amides is 1. The SMILES string of the molecule is C[C@]1(c2noc(C3CC3)n2)CCCN(C(=O)C2CCCCC2)C1. The number of aromatic nitrogens is 2. The van der Waals surface area contributed by atoms with Gasteiger partial charge in [0.05, 0.1) is 0 Å². The molecule has 2 aliphatic carbocycles. The fourth-order valence-electron chi connectivity index (χ4n) is 4.19. The van der Waals surface area contributed by atoms with E-state index in [9.17, 15) is 4.79 Å². The summed E-state index contributed by atoms with van der Waals surface area (Å²) in [5.41, 5.74) is -0.154. The lowest BCUT2D eigenvalue weighted by atomic mass is 9.80. The summed E-state index contributed by atoms with van der Waals surface area (Å²) in [5, 5.41) is 4.26. The number of nitrogens with zero attached hydrogens (tertiary/aromatic N) is 3. The molecule has 3 fully saturated rings. The van der Waals surface area contributed by atoms with Gasteiger partial charge in [0, 0.05) is 30.3 Å². The van der Waals surface area contributed by atoms with Gasteiger partial charge in [-0.2, -0.15) is 4.98 Å². The molecule has 5 nitrogen and oxygen atoms in total. The smallest absolute Gasteiger partial charge is 0.229 e. The predicted molar refractivity (Wildman–Crippen MR) is 86.0 cm³/mol. The van der Waals surface area contributed by atoms with Crippen molar-refractivity contribution in [1.29, 1.82) is 0 Å². The minimum absolute atomic E-state index is 0.154. The Morgan fingerprint density at radius 2 is 1.96 bits per heavy atom. The number of hydrogen-bond donors (Lipinski definition) is 0. The van der Waals surface area contributed by atoms with E-state index in [0.29, 0.717) is 11.8 Å². The Labute approximate surface area is 137 Å². The van der Waals surface area contributed by atoms with Gasteiger partial charge in [-0.1, -0.05) is 31.3 Å². The standard InChI is InChI=1S/C18H27N3O2/c1-18(17-19-15(23-20-17)13-8-9-13)10-5-11-21(12-18)16(22)14-6-3-2-4-7-14/h13-14H,2-12H2,1H3/t18-/m0/s1. The highest BCUT2D eigenvalue weighted by atomic mass is 16.5. The average molecular weight is 317 g/mol. The number of likely N-dealkylation sites (tertiary alicyclic amines) is 1. The maximum atomic E-state index is 12.9. The maximum Gasteiger partial charge on any atom is 0.229 e. The van der Waals surface area contributed by atoms with E-state index < -0.39 is 0 Å². The number of rotatable bonds is 3. The molecule has 1 aliphatic heterocycles. The van der Waals surface area contributed by atoms with E-state index in [2.05, 4.69) is 22.0 Å². The molecule has 5 heteroatoms.